The number of imidazole rings is 1. The van der Waals surface area contributed by atoms with E-state index in [0.29, 0.717) is 17.2 Å². The zero-order valence-electron chi connectivity index (χ0n) is 10.7. The van der Waals surface area contributed by atoms with Crippen LogP contribution >= 0.6 is 0 Å². The van der Waals surface area contributed by atoms with Crippen molar-refractivity contribution < 1.29 is 9.13 Å². The first-order valence-corrected chi connectivity index (χ1v) is 6.31. The highest BCUT2D eigenvalue weighted by Crippen LogP contribution is 2.36. The van der Waals surface area contributed by atoms with Crippen LogP contribution in [-0.4, -0.2) is 23.1 Å². The maximum absolute atomic E-state index is 13.4. The van der Waals surface area contributed by atoms with Crippen molar-refractivity contribution in [1.82, 2.24) is 9.97 Å². The Morgan fingerprint density at radius 1 is 1.42 bits per heavy atom. The lowest BCUT2D eigenvalue weighted by Crippen LogP contribution is -2.35. The van der Waals surface area contributed by atoms with Gasteiger partial charge in [-0.05, 0) is 31.0 Å². The van der Waals surface area contributed by atoms with E-state index in [1.807, 2.05) is 0 Å². The number of ether oxygens (including phenoxy) is 1. The molecule has 0 saturated heterocycles. The highest BCUT2D eigenvalue weighted by Gasteiger charge is 2.29. The number of halogens is 1. The fourth-order valence-corrected chi connectivity index (χ4v) is 2.46. The van der Waals surface area contributed by atoms with Crippen molar-refractivity contribution in [2.24, 2.45) is 5.73 Å². The van der Waals surface area contributed by atoms with Crippen molar-refractivity contribution in [3.8, 4) is 17.0 Å². The van der Waals surface area contributed by atoms with Gasteiger partial charge in [0.05, 0.1) is 19.0 Å². The second kappa shape index (κ2) is 4.66. The van der Waals surface area contributed by atoms with Gasteiger partial charge in [-0.1, -0.05) is 0 Å². The first-order chi connectivity index (χ1) is 9.17. The maximum atomic E-state index is 13.4. The highest BCUT2D eigenvalue weighted by molar-refractivity contribution is 5.66. The van der Waals surface area contributed by atoms with Gasteiger partial charge < -0.3 is 15.5 Å². The fourth-order valence-electron chi connectivity index (χ4n) is 2.46. The van der Waals surface area contributed by atoms with Crippen LogP contribution in [-0.2, 0) is 0 Å². The van der Waals surface area contributed by atoms with Gasteiger partial charge in [-0.2, -0.15) is 0 Å². The van der Waals surface area contributed by atoms with Gasteiger partial charge in [0, 0.05) is 17.5 Å². The molecule has 5 heteroatoms. The molecule has 2 aromatic rings. The summed E-state index contributed by atoms with van der Waals surface area (Å²) in [6.45, 7) is 0. The number of nitrogens with one attached hydrogen (secondary N) is 1. The van der Waals surface area contributed by atoms with Crippen LogP contribution in [0.5, 0.6) is 5.75 Å². The third-order valence-corrected chi connectivity index (χ3v) is 3.61. The van der Waals surface area contributed by atoms with Crippen molar-refractivity contribution >= 4 is 0 Å². The van der Waals surface area contributed by atoms with E-state index in [-0.39, 0.29) is 11.9 Å². The summed E-state index contributed by atoms with van der Waals surface area (Å²) in [6, 6.07) is 4.72. The lowest BCUT2D eigenvalue weighted by Gasteiger charge is -2.30. The topological polar surface area (TPSA) is 63.9 Å². The normalized spacial score (nSPS) is 22.1. The molecule has 4 nitrogen and oxygen atoms in total. The number of nitrogens with zero attached hydrogens (tertiary/aromatic N) is 1. The van der Waals surface area contributed by atoms with Gasteiger partial charge in [-0.15, -0.1) is 0 Å². The third-order valence-electron chi connectivity index (χ3n) is 3.61. The van der Waals surface area contributed by atoms with Crippen molar-refractivity contribution in [3.63, 3.8) is 0 Å². The summed E-state index contributed by atoms with van der Waals surface area (Å²) in [4.78, 5) is 7.61. The smallest absolute Gasteiger partial charge is 0.128 e. The first-order valence-electron chi connectivity index (χ1n) is 6.31. The number of H-pyrrole nitrogens is 1. The molecule has 0 aliphatic heterocycles. The Morgan fingerprint density at radius 3 is 2.89 bits per heavy atom. The number of benzene rings is 1. The molecule has 1 aromatic heterocycles. The molecule has 100 valence electrons. The average Bonchev–Trinajstić information content (AvgIpc) is 2.84. The first kappa shape index (κ1) is 12.2. The zero-order chi connectivity index (χ0) is 13.4. The molecule has 0 amide bonds. The maximum Gasteiger partial charge on any atom is 0.128 e. The van der Waals surface area contributed by atoms with Crippen LogP contribution in [0.25, 0.3) is 11.3 Å². The molecule has 0 atom stereocenters. The molecule has 1 aromatic carbocycles. The summed E-state index contributed by atoms with van der Waals surface area (Å²) >= 11 is 0. The van der Waals surface area contributed by atoms with Gasteiger partial charge >= 0.3 is 0 Å². The predicted octanol–water partition coefficient (Wildman–Crippen LogP) is 2.43. The SMILES string of the molecule is COc1ccc(F)cc1-c1cnc(C2CC(N)C2)[nH]1. The summed E-state index contributed by atoms with van der Waals surface area (Å²) < 4.78 is 18.6. The summed E-state index contributed by atoms with van der Waals surface area (Å²) in [7, 11) is 1.57. The van der Waals surface area contributed by atoms with Gasteiger partial charge in [0.2, 0.25) is 0 Å². The Bertz CT molecular complexity index is 590. The zero-order valence-corrected chi connectivity index (χ0v) is 10.7. The van der Waals surface area contributed by atoms with E-state index in [1.165, 1.54) is 12.1 Å². The molecule has 19 heavy (non-hydrogen) atoms. The highest BCUT2D eigenvalue weighted by atomic mass is 19.1. The molecule has 0 unspecified atom stereocenters. The van der Waals surface area contributed by atoms with E-state index in [9.17, 15) is 4.39 Å². The minimum atomic E-state index is -0.294. The number of rotatable bonds is 3. The number of methoxy groups -OCH3 is 1. The van der Waals surface area contributed by atoms with Crippen LogP contribution in [0.1, 0.15) is 24.6 Å². The van der Waals surface area contributed by atoms with E-state index in [1.54, 1.807) is 19.4 Å². The van der Waals surface area contributed by atoms with Crippen LogP contribution < -0.4 is 10.5 Å². The van der Waals surface area contributed by atoms with Gasteiger partial charge in [0.1, 0.15) is 17.4 Å². The third kappa shape index (κ3) is 2.21. The van der Waals surface area contributed by atoms with Crippen molar-refractivity contribution in [2.75, 3.05) is 7.11 Å². The largest absolute Gasteiger partial charge is 0.496 e. The molecule has 3 rings (SSSR count). The minimum absolute atomic E-state index is 0.280. The summed E-state index contributed by atoms with van der Waals surface area (Å²) in [6.07, 6.45) is 3.62. The quantitative estimate of drug-likeness (QED) is 0.892. The standard InChI is InChI=1S/C14H16FN3O/c1-19-13-3-2-9(15)6-11(13)12-7-17-14(18-12)8-4-10(16)5-8/h2-3,6-8,10H,4-5,16H2,1H3,(H,17,18). The monoisotopic (exact) mass is 261 g/mol. The molecule has 0 spiro atoms. The number of hydrogen-bond acceptors (Lipinski definition) is 3. The van der Waals surface area contributed by atoms with Crippen molar-refractivity contribution in [2.45, 2.75) is 24.8 Å². The van der Waals surface area contributed by atoms with E-state index in [2.05, 4.69) is 9.97 Å². The Morgan fingerprint density at radius 2 is 2.21 bits per heavy atom. The van der Waals surface area contributed by atoms with E-state index >= 15 is 0 Å². The Balaban J connectivity index is 1.92. The number of hydrogen-bond donors (Lipinski definition) is 2. The molecule has 1 heterocycles. The molecule has 0 radical (unpaired) electrons. The molecular formula is C14H16FN3O. The number of aromatic amines is 1. The summed E-state index contributed by atoms with van der Waals surface area (Å²) in [5, 5.41) is 0. The Kier molecular flexibility index (Phi) is 2.98. The molecule has 3 N–H and O–H groups in total. The second-order valence-corrected chi connectivity index (χ2v) is 4.96. The molecule has 1 aliphatic rings. The van der Waals surface area contributed by atoms with Gasteiger partial charge in [0.15, 0.2) is 0 Å². The number of nitrogens with two attached hydrogens (primary N) is 1. The Labute approximate surface area is 110 Å². The minimum Gasteiger partial charge on any atom is -0.496 e. The van der Waals surface area contributed by atoms with Gasteiger partial charge in [-0.25, -0.2) is 9.37 Å². The molecular weight excluding hydrogens is 245 g/mol. The summed E-state index contributed by atoms with van der Waals surface area (Å²) in [5.74, 6) is 1.64. The van der Waals surface area contributed by atoms with Crippen LogP contribution in [0.3, 0.4) is 0 Å². The second-order valence-electron chi connectivity index (χ2n) is 4.96. The van der Waals surface area contributed by atoms with Gasteiger partial charge in [0.25, 0.3) is 0 Å². The van der Waals surface area contributed by atoms with Crippen molar-refractivity contribution in [3.05, 3.63) is 36.0 Å². The molecule has 0 bridgehead atoms. The van der Waals surface area contributed by atoms with E-state index < -0.39 is 0 Å². The predicted molar refractivity (Wildman–Crippen MR) is 70.5 cm³/mol. The fraction of sp³-hybridized carbons (Fsp3) is 0.357. The Hall–Kier alpha value is -1.88. The summed E-state index contributed by atoms with van der Waals surface area (Å²) in [5.41, 5.74) is 7.23. The van der Waals surface area contributed by atoms with Crippen LogP contribution in [0, 0.1) is 5.82 Å². The van der Waals surface area contributed by atoms with E-state index in [4.69, 9.17) is 10.5 Å². The van der Waals surface area contributed by atoms with E-state index in [0.717, 1.165) is 24.4 Å². The molecule has 1 saturated carbocycles. The van der Waals surface area contributed by atoms with Crippen LogP contribution in [0.2, 0.25) is 0 Å². The van der Waals surface area contributed by atoms with Crippen molar-refractivity contribution in [1.29, 1.82) is 0 Å². The lowest BCUT2D eigenvalue weighted by atomic mass is 9.80. The van der Waals surface area contributed by atoms with Crippen LogP contribution in [0.4, 0.5) is 4.39 Å². The number of aromatic nitrogens is 2. The van der Waals surface area contributed by atoms with Gasteiger partial charge in [-0.3, -0.25) is 0 Å². The molecule has 1 fully saturated rings. The average molecular weight is 261 g/mol. The lowest BCUT2D eigenvalue weighted by molar-refractivity contribution is 0.340. The van der Waals surface area contributed by atoms with Crippen LogP contribution in [0.15, 0.2) is 24.4 Å². The molecule has 1 aliphatic carbocycles.